The third-order valence-corrected chi connectivity index (χ3v) is 2.01. The largest absolute Gasteiger partial charge is 0.481 e. The van der Waals surface area contributed by atoms with Crippen molar-refractivity contribution in [3.05, 3.63) is 5.89 Å². The topological polar surface area (TPSA) is 76.2 Å². The molecular formula is C7H10N2O3S. The van der Waals surface area contributed by atoms with Crippen LogP contribution in [-0.2, 0) is 4.79 Å². The van der Waals surface area contributed by atoms with Crippen molar-refractivity contribution in [2.75, 3.05) is 6.26 Å². The summed E-state index contributed by atoms with van der Waals surface area (Å²) in [6.45, 7) is 1.74. The van der Waals surface area contributed by atoms with E-state index in [0.29, 0.717) is 11.1 Å². The van der Waals surface area contributed by atoms with Crippen LogP contribution in [-0.4, -0.2) is 27.5 Å². The maximum atomic E-state index is 10.4. The Balaban J connectivity index is 2.65. The van der Waals surface area contributed by atoms with Crippen molar-refractivity contribution in [1.29, 1.82) is 0 Å². The molecule has 0 radical (unpaired) electrons. The van der Waals surface area contributed by atoms with Gasteiger partial charge in [-0.2, -0.15) is 0 Å². The Morgan fingerprint density at radius 2 is 2.38 bits per heavy atom. The SMILES string of the molecule is CSc1nnc(C(C)CC(=O)O)o1. The minimum atomic E-state index is -0.864. The van der Waals surface area contributed by atoms with E-state index < -0.39 is 5.97 Å². The molecule has 72 valence electrons. The molecule has 0 aliphatic rings. The lowest BCUT2D eigenvalue weighted by Gasteiger charge is -2.00. The predicted octanol–water partition coefficient (Wildman–Crippen LogP) is 1.37. The zero-order chi connectivity index (χ0) is 9.84. The van der Waals surface area contributed by atoms with Crippen LogP contribution in [0.5, 0.6) is 0 Å². The molecule has 0 saturated carbocycles. The number of hydrogen-bond donors (Lipinski definition) is 1. The molecule has 0 aromatic carbocycles. The second-order valence-electron chi connectivity index (χ2n) is 2.61. The number of aliphatic carboxylic acids is 1. The van der Waals surface area contributed by atoms with Crippen molar-refractivity contribution in [3.63, 3.8) is 0 Å². The highest BCUT2D eigenvalue weighted by Crippen LogP contribution is 2.20. The molecule has 1 atom stereocenters. The molecule has 1 heterocycles. The zero-order valence-electron chi connectivity index (χ0n) is 7.35. The second kappa shape index (κ2) is 4.27. The molecule has 0 amide bonds. The standard InChI is InChI=1S/C7H10N2O3S/c1-4(3-5(10)11)6-8-9-7(12-6)13-2/h4H,3H2,1-2H3,(H,10,11). The lowest BCUT2D eigenvalue weighted by molar-refractivity contribution is -0.137. The number of nitrogens with zero attached hydrogens (tertiary/aromatic N) is 2. The molecule has 0 fully saturated rings. The van der Waals surface area contributed by atoms with Gasteiger partial charge < -0.3 is 9.52 Å². The first kappa shape index (κ1) is 10.0. The molecule has 1 rings (SSSR count). The van der Waals surface area contributed by atoms with Crippen molar-refractivity contribution in [1.82, 2.24) is 10.2 Å². The van der Waals surface area contributed by atoms with E-state index in [1.54, 1.807) is 6.92 Å². The van der Waals surface area contributed by atoms with Gasteiger partial charge in [0.05, 0.1) is 6.42 Å². The molecule has 0 aliphatic heterocycles. The fraction of sp³-hybridized carbons (Fsp3) is 0.571. The van der Waals surface area contributed by atoms with E-state index in [1.165, 1.54) is 11.8 Å². The van der Waals surface area contributed by atoms with Crippen LogP contribution in [0.4, 0.5) is 0 Å². The summed E-state index contributed by atoms with van der Waals surface area (Å²) in [6.07, 6.45) is 1.83. The van der Waals surface area contributed by atoms with Crippen LogP contribution in [0.25, 0.3) is 0 Å². The van der Waals surface area contributed by atoms with Crippen LogP contribution in [0.1, 0.15) is 25.2 Å². The smallest absolute Gasteiger partial charge is 0.304 e. The maximum Gasteiger partial charge on any atom is 0.304 e. The van der Waals surface area contributed by atoms with E-state index in [1.807, 2.05) is 6.26 Å². The van der Waals surface area contributed by atoms with Gasteiger partial charge in [-0.25, -0.2) is 0 Å². The Morgan fingerprint density at radius 1 is 1.69 bits per heavy atom. The predicted molar refractivity (Wildman–Crippen MR) is 46.7 cm³/mol. The summed E-state index contributed by atoms with van der Waals surface area (Å²) in [5.74, 6) is -0.714. The van der Waals surface area contributed by atoms with Crippen molar-refractivity contribution < 1.29 is 14.3 Å². The number of thioether (sulfide) groups is 1. The van der Waals surface area contributed by atoms with Gasteiger partial charge in [-0.05, 0) is 6.26 Å². The van der Waals surface area contributed by atoms with Gasteiger partial charge in [0.25, 0.3) is 5.22 Å². The Morgan fingerprint density at radius 3 is 2.85 bits per heavy atom. The van der Waals surface area contributed by atoms with Gasteiger partial charge in [0, 0.05) is 5.92 Å². The number of rotatable bonds is 4. The van der Waals surface area contributed by atoms with Crippen LogP contribution in [0.3, 0.4) is 0 Å². The van der Waals surface area contributed by atoms with E-state index in [2.05, 4.69) is 10.2 Å². The summed E-state index contributed by atoms with van der Waals surface area (Å²) in [4.78, 5) is 10.4. The molecule has 13 heavy (non-hydrogen) atoms. The molecule has 1 N–H and O–H groups in total. The third kappa shape index (κ3) is 2.73. The molecule has 0 saturated heterocycles. The third-order valence-electron chi connectivity index (χ3n) is 1.50. The molecule has 5 nitrogen and oxygen atoms in total. The molecule has 1 aromatic heterocycles. The first-order chi connectivity index (χ1) is 6.13. The van der Waals surface area contributed by atoms with Crippen LogP contribution in [0.2, 0.25) is 0 Å². The monoisotopic (exact) mass is 202 g/mol. The lowest BCUT2D eigenvalue weighted by atomic mass is 10.1. The highest BCUT2D eigenvalue weighted by molar-refractivity contribution is 7.98. The van der Waals surface area contributed by atoms with Crippen molar-refractivity contribution in [3.8, 4) is 0 Å². The Bertz CT molecular complexity index is 300. The number of carboxylic acid groups (broad SMARTS) is 1. The van der Waals surface area contributed by atoms with Gasteiger partial charge in [0.1, 0.15) is 0 Å². The second-order valence-corrected chi connectivity index (χ2v) is 3.37. The first-order valence-electron chi connectivity index (χ1n) is 3.72. The van der Waals surface area contributed by atoms with Crippen molar-refractivity contribution in [2.24, 2.45) is 0 Å². The lowest BCUT2D eigenvalue weighted by Crippen LogP contribution is -2.02. The van der Waals surface area contributed by atoms with E-state index in [4.69, 9.17) is 9.52 Å². The molecule has 6 heteroatoms. The summed E-state index contributed by atoms with van der Waals surface area (Å²) < 4.78 is 5.17. The normalized spacial score (nSPS) is 12.8. The Labute approximate surface area is 79.5 Å². The van der Waals surface area contributed by atoms with Gasteiger partial charge >= 0.3 is 5.97 Å². The van der Waals surface area contributed by atoms with Gasteiger partial charge in [-0.3, -0.25) is 4.79 Å². The van der Waals surface area contributed by atoms with Crippen LogP contribution >= 0.6 is 11.8 Å². The molecule has 0 bridgehead atoms. The van der Waals surface area contributed by atoms with Crippen molar-refractivity contribution in [2.45, 2.75) is 24.5 Å². The van der Waals surface area contributed by atoms with Gasteiger partial charge in [0.2, 0.25) is 5.89 Å². The van der Waals surface area contributed by atoms with Crippen LogP contribution in [0.15, 0.2) is 9.64 Å². The van der Waals surface area contributed by atoms with Crippen LogP contribution in [0, 0.1) is 0 Å². The minimum Gasteiger partial charge on any atom is -0.481 e. The fourth-order valence-electron chi connectivity index (χ4n) is 0.851. The van der Waals surface area contributed by atoms with Gasteiger partial charge in [0.15, 0.2) is 0 Å². The van der Waals surface area contributed by atoms with E-state index in [-0.39, 0.29) is 12.3 Å². The Hall–Kier alpha value is -1.04. The van der Waals surface area contributed by atoms with E-state index in [0.717, 1.165) is 0 Å². The molecule has 0 spiro atoms. The number of carboxylic acids is 1. The maximum absolute atomic E-state index is 10.4. The zero-order valence-corrected chi connectivity index (χ0v) is 8.17. The number of aromatic nitrogens is 2. The molecule has 1 unspecified atom stereocenters. The summed E-state index contributed by atoms with van der Waals surface area (Å²) >= 11 is 1.34. The summed E-state index contributed by atoms with van der Waals surface area (Å²) in [7, 11) is 0. The van der Waals surface area contributed by atoms with Crippen LogP contribution < -0.4 is 0 Å². The highest BCUT2D eigenvalue weighted by atomic mass is 32.2. The summed E-state index contributed by atoms with van der Waals surface area (Å²) in [5, 5.41) is 16.4. The Kier molecular flexibility index (Phi) is 3.30. The summed E-state index contributed by atoms with van der Waals surface area (Å²) in [5.41, 5.74) is 0. The average Bonchev–Trinajstić information content (AvgIpc) is 2.50. The highest BCUT2D eigenvalue weighted by Gasteiger charge is 2.16. The molecular weight excluding hydrogens is 192 g/mol. The summed E-state index contributed by atoms with van der Waals surface area (Å²) in [6, 6.07) is 0. The van der Waals surface area contributed by atoms with Crippen molar-refractivity contribution >= 4 is 17.7 Å². The van der Waals surface area contributed by atoms with Gasteiger partial charge in [-0.15, -0.1) is 10.2 Å². The van der Waals surface area contributed by atoms with E-state index >= 15 is 0 Å². The molecule has 1 aromatic rings. The minimum absolute atomic E-state index is 0.00993. The fourth-order valence-corrected chi connectivity index (χ4v) is 1.14. The quantitative estimate of drug-likeness (QED) is 0.743. The first-order valence-corrected chi connectivity index (χ1v) is 4.95. The average molecular weight is 202 g/mol. The number of hydrogen-bond acceptors (Lipinski definition) is 5. The molecule has 0 aliphatic carbocycles. The number of carbonyl (C=O) groups is 1. The van der Waals surface area contributed by atoms with Gasteiger partial charge in [-0.1, -0.05) is 18.7 Å². The van der Waals surface area contributed by atoms with E-state index in [9.17, 15) is 4.79 Å².